The second kappa shape index (κ2) is 6.95. The fraction of sp³-hybridized carbons (Fsp3) is 0.400. The van der Waals surface area contributed by atoms with Gasteiger partial charge in [0.25, 0.3) is 0 Å². The van der Waals surface area contributed by atoms with E-state index in [9.17, 15) is 0 Å². The first-order valence-corrected chi connectivity index (χ1v) is 6.65. The van der Waals surface area contributed by atoms with Crippen LogP contribution < -0.4 is 10.5 Å². The minimum Gasteiger partial charge on any atom is -0.490 e. The van der Waals surface area contributed by atoms with Crippen molar-refractivity contribution in [2.45, 2.75) is 19.8 Å². The molecule has 19 heavy (non-hydrogen) atoms. The van der Waals surface area contributed by atoms with E-state index in [1.807, 2.05) is 18.2 Å². The van der Waals surface area contributed by atoms with Gasteiger partial charge in [0.2, 0.25) is 0 Å². The van der Waals surface area contributed by atoms with E-state index in [0.29, 0.717) is 13.2 Å². The van der Waals surface area contributed by atoms with Gasteiger partial charge in [-0.3, -0.25) is 4.98 Å². The predicted octanol–water partition coefficient (Wildman–Crippen LogP) is 3.01. The summed E-state index contributed by atoms with van der Waals surface area (Å²) in [6, 6.07) is 5.64. The summed E-state index contributed by atoms with van der Waals surface area (Å²) < 4.78 is 11.2. The zero-order chi connectivity index (χ0) is 13.5. The van der Waals surface area contributed by atoms with Crippen LogP contribution in [0.15, 0.2) is 30.6 Å². The lowest BCUT2D eigenvalue weighted by Crippen LogP contribution is -2.07. The molecule has 0 aliphatic rings. The van der Waals surface area contributed by atoms with Crippen molar-refractivity contribution in [3.8, 4) is 5.75 Å². The Morgan fingerprint density at radius 2 is 2.00 bits per heavy atom. The van der Waals surface area contributed by atoms with Crippen molar-refractivity contribution < 1.29 is 9.47 Å². The third-order valence-electron chi connectivity index (χ3n) is 2.94. The molecule has 0 unspecified atom stereocenters. The first kappa shape index (κ1) is 13.6. The normalized spacial score (nSPS) is 10.8. The largest absolute Gasteiger partial charge is 0.490 e. The molecular formula is C15H20N2O2. The third kappa shape index (κ3) is 3.58. The zero-order valence-corrected chi connectivity index (χ0v) is 11.3. The van der Waals surface area contributed by atoms with Crippen molar-refractivity contribution in [2.24, 2.45) is 0 Å². The summed E-state index contributed by atoms with van der Waals surface area (Å²) in [5.74, 6) is 0.802. The molecule has 1 aromatic carbocycles. The van der Waals surface area contributed by atoms with Gasteiger partial charge >= 0.3 is 0 Å². The molecule has 2 rings (SSSR count). The lowest BCUT2D eigenvalue weighted by Gasteiger charge is -2.10. The lowest BCUT2D eigenvalue weighted by molar-refractivity contribution is 0.0985. The molecule has 2 aromatic rings. The SMILES string of the molecule is CCCCOCCOc1ccc(N)c2ccncc12. The number of nitrogens with zero attached hydrogens (tertiary/aromatic N) is 1. The average molecular weight is 260 g/mol. The summed E-state index contributed by atoms with van der Waals surface area (Å²) in [5.41, 5.74) is 6.67. The number of hydrogen-bond acceptors (Lipinski definition) is 4. The van der Waals surface area contributed by atoms with Crippen molar-refractivity contribution in [3.63, 3.8) is 0 Å². The van der Waals surface area contributed by atoms with E-state index in [-0.39, 0.29) is 0 Å². The number of unbranched alkanes of at least 4 members (excludes halogenated alkanes) is 1. The highest BCUT2D eigenvalue weighted by molar-refractivity contribution is 5.96. The van der Waals surface area contributed by atoms with Gasteiger partial charge in [0.05, 0.1) is 6.61 Å². The van der Waals surface area contributed by atoms with Crippen molar-refractivity contribution >= 4 is 16.5 Å². The van der Waals surface area contributed by atoms with E-state index in [2.05, 4.69) is 11.9 Å². The van der Waals surface area contributed by atoms with Crippen LogP contribution >= 0.6 is 0 Å². The maximum Gasteiger partial charge on any atom is 0.128 e. The number of pyridine rings is 1. The topological polar surface area (TPSA) is 57.4 Å². The van der Waals surface area contributed by atoms with E-state index in [4.69, 9.17) is 15.2 Å². The van der Waals surface area contributed by atoms with Gasteiger partial charge in [0, 0.05) is 35.5 Å². The van der Waals surface area contributed by atoms with Crippen LogP contribution in [0.4, 0.5) is 5.69 Å². The maximum absolute atomic E-state index is 5.93. The van der Waals surface area contributed by atoms with Crippen LogP contribution in [0.3, 0.4) is 0 Å². The Hall–Kier alpha value is -1.81. The quantitative estimate of drug-likeness (QED) is 0.614. The summed E-state index contributed by atoms with van der Waals surface area (Å²) in [4.78, 5) is 4.12. The van der Waals surface area contributed by atoms with Crippen molar-refractivity contribution in [1.29, 1.82) is 0 Å². The van der Waals surface area contributed by atoms with Gasteiger partial charge in [-0.25, -0.2) is 0 Å². The van der Waals surface area contributed by atoms with Crippen molar-refractivity contribution in [3.05, 3.63) is 30.6 Å². The van der Waals surface area contributed by atoms with Crippen LogP contribution in [0.25, 0.3) is 10.8 Å². The number of rotatable bonds is 7. The summed E-state index contributed by atoms with van der Waals surface area (Å²) in [7, 11) is 0. The minimum atomic E-state index is 0.539. The number of aromatic nitrogens is 1. The Balaban J connectivity index is 1.96. The molecule has 0 atom stereocenters. The molecule has 0 saturated heterocycles. The first-order valence-electron chi connectivity index (χ1n) is 6.65. The van der Waals surface area contributed by atoms with Crippen molar-refractivity contribution in [2.75, 3.05) is 25.6 Å². The first-order chi connectivity index (χ1) is 9.33. The number of benzene rings is 1. The number of nitrogens with two attached hydrogens (primary N) is 1. The van der Waals surface area contributed by atoms with Gasteiger partial charge in [0.15, 0.2) is 0 Å². The Labute approximate surface area is 113 Å². The Morgan fingerprint density at radius 1 is 1.11 bits per heavy atom. The fourth-order valence-corrected chi connectivity index (χ4v) is 1.87. The molecule has 0 spiro atoms. The molecule has 4 heteroatoms. The zero-order valence-electron chi connectivity index (χ0n) is 11.3. The standard InChI is InChI=1S/C15H20N2O2/c1-2-3-8-18-9-10-19-15-5-4-14(16)12-6-7-17-11-13(12)15/h4-7,11H,2-3,8-10,16H2,1H3. The van der Waals surface area contributed by atoms with Gasteiger partial charge in [0.1, 0.15) is 12.4 Å². The summed E-state index contributed by atoms with van der Waals surface area (Å²) in [6.07, 6.45) is 5.75. The number of fused-ring (bicyclic) bond motifs is 1. The van der Waals surface area contributed by atoms with Gasteiger partial charge in [-0.15, -0.1) is 0 Å². The van der Waals surface area contributed by atoms with E-state index in [0.717, 1.165) is 41.7 Å². The Morgan fingerprint density at radius 3 is 2.84 bits per heavy atom. The highest BCUT2D eigenvalue weighted by Crippen LogP contribution is 2.28. The second-order valence-corrected chi connectivity index (χ2v) is 4.39. The van der Waals surface area contributed by atoms with Crippen LogP contribution in [0.1, 0.15) is 19.8 Å². The molecule has 4 nitrogen and oxygen atoms in total. The van der Waals surface area contributed by atoms with Crippen LogP contribution in [0, 0.1) is 0 Å². The van der Waals surface area contributed by atoms with E-state index in [1.54, 1.807) is 12.4 Å². The molecule has 1 aromatic heterocycles. The smallest absolute Gasteiger partial charge is 0.128 e. The predicted molar refractivity (Wildman–Crippen MR) is 77.4 cm³/mol. The lowest BCUT2D eigenvalue weighted by atomic mass is 10.1. The van der Waals surface area contributed by atoms with E-state index >= 15 is 0 Å². The summed E-state index contributed by atoms with van der Waals surface area (Å²) in [6.45, 7) is 4.08. The molecule has 0 aliphatic heterocycles. The van der Waals surface area contributed by atoms with E-state index < -0.39 is 0 Å². The maximum atomic E-state index is 5.93. The minimum absolute atomic E-state index is 0.539. The van der Waals surface area contributed by atoms with Gasteiger partial charge < -0.3 is 15.2 Å². The Bertz CT molecular complexity index is 529. The molecule has 0 aliphatic carbocycles. The van der Waals surface area contributed by atoms with Gasteiger partial charge in [-0.05, 0) is 24.6 Å². The molecule has 0 amide bonds. The summed E-state index contributed by atoms with van der Waals surface area (Å²) in [5, 5.41) is 1.91. The van der Waals surface area contributed by atoms with Crippen molar-refractivity contribution in [1.82, 2.24) is 4.98 Å². The third-order valence-corrected chi connectivity index (χ3v) is 2.94. The molecule has 1 heterocycles. The molecule has 0 fully saturated rings. The van der Waals surface area contributed by atoms with Crippen LogP contribution in [-0.2, 0) is 4.74 Å². The average Bonchev–Trinajstić information content (AvgIpc) is 2.45. The molecule has 102 valence electrons. The Kier molecular flexibility index (Phi) is 4.98. The molecule has 0 radical (unpaired) electrons. The number of ether oxygens (including phenoxy) is 2. The highest BCUT2D eigenvalue weighted by atomic mass is 16.5. The van der Waals surface area contributed by atoms with Crippen LogP contribution in [0.2, 0.25) is 0 Å². The van der Waals surface area contributed by atoms with Crippen LogP contribution in [-0.4, -0.2) is 24.8 Å². The molecule has 2 N–H and O–H groups in total. The number of hydrogen-bond donors (Lipinski definition) is 1. The van der Waals surface area contributed by atoms with Crippen LogP contribution in [0.5, 0.6) is 5.75 Å². The van der Waals surface area contributed by atoms with Gasteiger partial charge in [-0.1, -0.05) is 13.3 Å². The highest BCUT2D eigenvalue weighted by Gasteiger charge is 2.04. The fourth-order valence-electron chi connectivity index (χ4n) is 1.87. The second-order valence-electron chi connectivity index (χ2n) is 4.39. The molecule has 0 bridgehead atoms. The number of anilines is 1. The molecular weight excluding hydrogens is 240 g/mol. The monoisotopic (exact) mass is 260 g/mol. The van der Waals surface area contributed by atoms with Gasteiger partial charge in [-0.2, -0.15) is 0 Å². The molecule has 0 saturated carbocycles. The number of nitrogen functional groups attached to an aromatic ring is 1. The van der Waals surface area contributed by atoms with E-state index in [1.165, 1.54) is 0 Å². The summed E-state index contributed by atoms with van der Waals surface area (Å²) >= 11 is 0.